The number of hydrogen-bond acceptors (Lipinski definition) is 6. The standard InChI is InChI=1S/C41H37F2N7O4/c1-48(2)41(54)35-23-32-30(22-31(38(43)39(32)46-35)28-5-3-18-49(24-28)37(52)16-20-50-19-4-17-44-50)26-9-6-25(7-10-26)8-11-27-12-13-29(21-33(27)42)45-34-14-15-36(51)47-40(34)53/h4-7,9-10,12-13,17,19,21-23,34,45-46H,3,14-16,18,20,24H2,1-2H3,(H,47,51,53). The van der Waals surface area contributed by atoms with E-state index in [1.165, 1.54) is 17.0 Å². The first kappa shape index (κ1) is 35.8. The van der Waals surface area contributed by atoms with E-state index < -0.39 is 23.6 Å². The van der Waals surface area contributed by atoms with Crippen LogP contribution < -0.4 is 10.6 Å². The molecule has 0 saturated carbocycles. The minimum Gasteiger partial charge on any atom is -0.374 e. The van der Waals surface area contributed by atoms with Crippen molar-refractivity contribution in [3.8, 4) is 23.0 Å². The number of hydrogen-bond donors (Lipinski definition) is 3. The summed E-state index contributed by atoms with van der Waals surface area (Å²) in [7, 11) is 3.25. The van der Waals surface area contributed by atoms with E-state index in [-0.39, 0.29) is 53.9 Å². The van der Waals surface area contributed by atoms with Gasteiger partial charge in [0.2, 0.25) is 17.7 Å². The summed E-state index contributed by atoms with van der Waals surface area (Å²) in [4.78, 5) is 55.8. The third-order valence-electron chi connectivity index (χ3n) is 9.54. The van der Waals surface area contributed by atoms with Gasteiger partial charge in [-0.3, -0.25) is 29.2 Å². The van der Waals surface area contributed by atoms with E-state index in [2.05, 4.69) is 32.6 Å². The summed E-state index contributed by atoms with van der Waals surface area (Å²) in [6.07, 6.45) is 6.78. The topological polar surface area (TPSA) is 132 Å². The number of aromatic amines is 1. The van der Waals surface area contributed by atoms with Gasteiger partial charge >= 0.3 is 0 Å². The molecule has 1 atom stereocenters. The Kier molecular flexibility index (Phi) is 10.1. The van der Waals surface area contributed by atoms with Crippen molar-refractivity contribution in [3.05, 3.63) is 113 Å². The van der Waals surface area contributed by atoms with Crippen LogP contribution in [0.1, 0.15) is 52.9 Å². The Labute approximate surface area is 310 Å². The Morgan fingerprint density at radius 2 is 1.85 bits per heavy atom. The quantitative estimate of drug-likeness (QED) is 0.146. The van der Waals surface area contributed by atoms with E-state index in [9.17, 15) is 19.2 Å². The number of benzene rings is 3. The summed E-state index contributed by atoms with van der Waals surface area (Å²) in [6, 6.07) is 16.2. The van der Waals surface area contributed by atoms with Crippen LogP contribution in [0.2, 0.25) is 0 Å². The van der Waals surface area contributed by atoms with E-state index >= 15 is 8.78 Å². The lowest BCUT2D eigenvalue weighted by atomic mass is 9.93. The fourth-order valence-electron chi connectivity index (χ4n) is 6.65. The predicted octanol–water partition coefficient (Wildman–Crippen LogP) is 5.33. The molecule has 3 aromatic carbocycles. The zero-order valence-electron chi connectivity index (χ0n) is 29.7. The second kappa shape index (κ2) is 15.2. The first-order valence-corrected chi connectivity index (χ1v) is 17.6. The van der Waals surface area contributed by atoms with Crippen molar-refractivity contribution in [3.63, 3.8) is 0 Å². The maximum absolute atomic E-state index is 16.4. The molecule has 11 nitrogen and oxygen atoms in total. The molecule has 274 valence electrons. The molecule has 1 saturated heterocycles. The highest BCUT2D eigenvalue weighted by Crippen LogP contribution is 2.37. The molecule has 0 aliphatic carbocycles. The summed E-state index contributed by atoms with van der Waals surface area (Å²) >= 11 is 0. The highest BCUT2D eigenvalue weighted by Gasteiger charge is 2.27. The fourth-order valence-corrected chi connectivity index (χ4v) is 6.65. The molecule has 5 aromatic rings. The van der Waals surface area contributed by atoms with Crippen molar-refractivity contribution < 1.29 is 28.0 Å². The molecule has 0 bridgehead atoms. The van der Waals surface area contributed by atoms with Gasteiger partial charge < -0.3 is 20.1 Å². The van der Waals surface area contributed by atoms with Gasteiger partial charge in [0.15, 0.2) is 5.82 Å². The predicted molar refractivity (Wildman–Crippen MR) is 200 cm³/mol. The number of aryl methyl sites for hydroxylation is 1. The number of rotatable bonds is 8. The van der Waals surface area contributed by atoms with Crippen molar-refractivity contribution in [2.45, 2.75) is 38.3 Å². The van der Waals surface area contributed by atoms with Gasteiger partial charge in [0.1, 0.15) is 17.6 Å². The molecule has 4 heterocycles. The van der Waals surface area contributed by atoms with Crippen molar-refractivity contribution >= 4 is 45.8 Å². The van der Waals surface area contributed by atoms with E-state index in [0.717, 1.165) is 5.56 Å². The van der Waals surface area contributed by atoms with Crippen molar-refractivity contribution in [2.75, 3.05) is 32.5 Å². The van der Waals surface area contributed by atoms with Gasteiger partial charge in [0.25, 0.3) is 5.91 Å². The summed E-state index contributed by atoms with van der Waals surface area (Å²) in [5.74, 6) is 3.65. The van der Waals surface area contributed by atoms with Gasteiger partial charge in [0, 0.05) is 81.2 Å². The Hall–Kier alpha value is -6.55. The monoisotopic (exact) mass is 729 g/mol. The number of nitrogens with zero attached hydrogens (tertiary/aromatic N) is 4. The third-order valence-corrected chi connectivity index (χ3v) is 9.54. The lowest BCUT2D eigenvalue weighted by Gasteiger charge is -2.28. The van der Waals surface area contributed by atoms with Gasteiger partial charge in [-0.05, 0) is 78.1 Å². The van der Waals surface area contributed by atoms with Crippen molar-refractivity contribution in [2.24, 2.45) is 0 Å². The molecule has 4 amide bonds. The SMILES string of the molecule is CN(C)C(=O)c1cc2c(-c3ccc(C#Cc4ccc(NC5CCC(=O)NC5=O)cc4F)cc3)cc(C3=CCCN(C(=O)CCn4cccn4)C3)c(F)c2[nH]1. The van der Waals surface area contributed by atoms with Gasteiger partial charge in [-0.15, -0.1) is 0 Å². The number of nitrogens with one attached hydrogen (secondary N) is 3. The van der Waals surface area contributed by atoms with Crippen LogP contribution in [0.5, 0.6) is 0 Å². The van der Waals surface area contributed by atoms with E-state index in [1.54, 1.807) is 72.5 Å². The number of piperidine rings is 1. The lowest BCUT2D eigenvalue weighted by molar-refractivity contribution is -0.134. The average Bonchev–Trinajstić information content (AvgIpc) is 3.86. The Morgan fingerprint density at radius 3 is 2.57 bits per heavy atom. The number of aromatic nitrogens is 3. The maximum Gasteiger partial charge on any atom is 0.269 e. The van der Waals surface area contributed by atoms with E-state index in [4.69, 9.17) is 0 Å². The van der Waals surface area contributed by atoms with Crippen LogP contribution in [-0.2, 0) is 20.9 Å². The first-order valence-electron chi connectivity index (χ1n) is 17.6. The van der Waals surface area contributed by atoms with E-state index in [1.807, 2.05) is 18.2 Å². The summed E-state index contributed by atoms with van der Waals surface area (Å²) in [5.41, 5.74) is 4.04. The molecular formula is C41H37F2N7O4. The Balaban J connectivity index is 1.15. The smallest absolute Gasteiger partial charge is 0.269 e. The number of carbonyl (C=O) groups excluding carboxylic acids is 4. The van der Waals surface area contributed by atoms with Crippen LogP contribution in [0.15, 0.2) is 79.1 Å². The van der Waals surface area contributed by atoms with Crippen LogP contribution in [0.3, 0.4) is 0 Å². The molecule has 2 aromatic heterocycles. The molecule has 7 rings (SSSR count). The Bertz CT molecular complexity index is 2370. The number of imide groups is 1. The zero-order valence-corrected chi connectivity index (χ0v) is 29.7. The highest BCUT2D eigenvalue weighted by atomic mass is 19.1. The minimum absolute atomic E-state index is 0.0482. The minimum atomic E-state index is -0.635. The van der Waals surface area contributed by atoms with Crippen molar-refractivity contribution in [1.82, 2.24) is 29.9 Å². The molecule has 2 aliphatic rings. The molecule has 2 aliphatic heterocycles. The van der Waals surface area contributed by atoms with Crippen LogP contribution in [0, 0.1) is 23.5 Å². The largest absolute Gasteiger partial charge is 0.374 e. The van der Waals surface area contributed by atoms with Crippen LogP contribution in [-0.4, -0.2) is 81.4 Å². The summed E-state index contributed by atoms with van der Waals surface area (Å²) < 4.78 is 33.1. The molecule has 54 heavy (non-hydrogen) atoms. The number of fused-ring (bicyclic) bond motifs is 1. The molecule has 1 fully saturated rings. The fraction of sp³-hybridized carbons (Fsp3) is 0.244. The normalized spacial score (nSPS) is 15.7. The number of H-pyrrole nitrogens is 1. The molecule has 0 spiro atoms. The van der Waals surface area contributed by atoms with Gasteiger partial charge in [-0.1, -0.05) is 30.0 Å². The third kappa shape index (κ3) is 7.64. The van der Waals surface area contributed by atoms with Gasteiger partial charge in [-0.25, -0.2) is 8.78 Å². The van der Waals surface area contributed by atoms with Crippen LogP contribution in [0.25, 0.3) is 27.6 Å². The second-order valence-corrected chi connectivity index (χ2v) is 13.5. The number of anilines is 1. The average molecular weight is 730 g/mol. The molecule has 0 radical (unpaired) electrons. The van der Waals surface area contributed by atoms with E-state index in [0.29, 0.717) is 59.3 Å². The molecular weight excluding hydrogens is 692 g/mol. The van der Waals surface area contributed by atoms with Crippen molar-refractivity contribution in [1.29, 1.82) is 0 Å². The lowest BCUT2D eigenvalue weighted by Crippen LogP contribution is -2.47. The van der Waals surface area contributed by atoms with Crippen LogP contribution in [0.4, 0.5) is 14.5 Å². The summed E-state index contributed by atoms with van der Waals surface area (Å²) in [6.45, 7) is 1.21. The first-order chi connectivity index (χ1) is 26.0. The van der Waals surface area contributed by atoms with Gasteiger partial charge in [0.05, 0.1) is 11.1 Å². The highest BCUT2D eigenvalue weighted by molar-refractivity contribution is 6.05. The molecule has 1 unspecified atom stereocenters. The second-order valence-electron chi connectivity index (χ2n) is 13.5. The number of halogens is 2. The molecule has 13 heteroatoms. The summed E-state index contributed by atoms with van der Waals surface area (Å²) in [5, 5.41) is 9.93. The molecule has 3 N–H and O–H groups in total. The van der Waals surface area contributed by atoms with Crippen LogP contribution >= 0.6 is 0 Å². The number of amides is 4. The maximum atomic E-state index is 16.4. The number of carbonyl (C=O) groups is 4. The van der Waals surface area contributed by atoms with Gasteiger partial charge in [-0.2, -0.15) is 5.10 Å². The Morgan fingerprint density at radius 1 is 1.04 bits per heavy atom. The zero-order chi connectivity index (χ0) is 37.9.